The first-order chi connectivity index (χ1) is 11.1. The number of halogens is 1. The standard InChI is InChI=1S/C17H18BrN3OS/c1-2-12-7-3-5-9-14(12)21-17(23)19-11-16(22)20-15-10-6-4-8-13(15)18/h3-10H,2,11H2,1H3,(H,20,22)(H2,19,21,23). The van der Waals surface area contributed by atoms with Gasteiger partial charge in [-0.25, -0.2) is 0 Å². The number of para-hydroxylation sites is 2. The molecule has 0 bridgehead atoms. The maximum Gasteiger partial charge on any atom is 0.243 e. The van der Waals surface area contributed by atoms with E-state index in [0.717, 1.165) is 22.3 Å². The number of hydrogen-bond acceptors (Lipinski definition) is 2. The first-order valence-corrected chi connectivity index (χ1v) is 8.47. The lowest BCUT2D eigenvalue weighted by molar-refractivity contribution is -0.115. The summed E-state index contributed by atoms with van der Waals surface area (Å²) in [6.45, 7) is 2.18. The zero-order valence-corrected chi connectivity index (χ0v) is 15.1. The largest absolute Gasteiger partial charge is 0.353 e. The van der Waals surface area contributed by atoms with Crippen molar-refractivity contribution < 1.29 is 4.79 Å². The maximum atomic E-state index is 12.0. The topological polar surface area (TPSA) is 53.2 Å². The minimum absolute atomic E-state index is 0.0987. The molecule has 0 unspecified atom stereocenters. The SMILES string of the molecule is CCc1ccccc1NC(=S)NCC(=O)Nc1ccccc1Br. The average molecular weight is 392 g/mol. The van der Waals surface area contributed by atoms with Crippen molar-refractivity contribution >= 4 is 50.5 Å². The van der Waals surface area contributed by atoms with E-state index < -0.39 is 0 Å². The van der Waals surface area contributed by atoms with Gasteiger partial charge in [-0.05, 0) is 58.3 Å². The monoisotopic (exact) mass is 391 g/mol. The van der Waals surface area contributed by atoms with Crippen molar-refractivity contribution in [1.82, 2.24) is 5.32 Å². The number of thiocarbonyl (C=S) groups is 1. The Labute approximate surface area is 149 Å². The zero-order valence-electron chi connectivity index (χ0n) is 12.7. The molecule has 0 heterocycles. The third kappa shape index (κ3) is 5.33. The van der Waals surface area contributed by atoms with Crippen LogP contribution in [0.3, 0.4) is 0 Å². The predicted molar refractivity (Wildman–Crippen MR) is 103 cm³/mol. The number of anilines is 2. The molecule has 0 saturated heterocycles. The Morgan fingerprint density at radius 2 is 1.70 bits per heavy atom. The minimum Gasteiger partial charge on any atom is -0.353 e. The number of nitrogens with one attached hydrogen (secondary N) is 3. The number of hydrogen-bond donors (Lipinski definition) is 3. The molecular weight excluding hydrogens is 374 g/mol. The second kappa shape index (κ2) is 8.64. The van der Waals surface area contributed by atoms with Crippen molar-refractivity contribution in [1.29, 1.82) is 0 Å². The Kier molecular flexibility index (Phi) is 6.55. The first-order valence-electron chi connectivity index (χ1n) is 7.27. The summed E-state index contributed by atoms with van der Waals surface area (Å²) < 4.78 is 0.839. The van der Waals surface area contributed by atoms with E-state index >= 15 is 0 Å². The van der Waals surface area contributed by atoms with E-state index in [-0.39, 0.29) is 12.5 Å². The Bertz CT molecular complexity index is 706. The molecule has 0 aliphatic carbocycles. The third-order valence-corrected chi connectivity index (χ3v) is 4.14. The smallest absolute Gasteiger partial charge is 0.243 e. The number of amides is 1. The van der Waals surface area contributed by atoms with E-state index in [4.69, 9.17) is 12.2 Å². The Morgan fingerprint density at radius 1 is 1.04 bits per heavy atom. The highest BCUT2D eigenvalue weighted by Crippen LogP contribution is 2.20. The molecule has 6 heteroatoms. The van der Waals surface area contributed by atoms with Crippen LogP contribution in [0.4, 0.5) is 11.4 Å². The lowest BCUT2D eigenvalue weighted by Gasteiger charge is -2.13. The molecule has 2 aromatic rings. The molecule has 3 N–H and O–H groups in total. The first kappa shape index (κ1) is 17.4. The second-order valence-corrected chi connectivity index (χ2v) is 6.11. The van der Waals surface area contributed by atoms with Crippen LogP contribution >= 0.6 is 28.1 Å². The lowest BCUT2D eigenvalue weighted by Crippen LogP contribution is -2.35. The van der Waals surface area contributed by atoms with Crippen LogP contribution in [0.25, 0.3) is 0 Å². The summed E-state index contributed by atoms with van der Waals surface area (Å²) in [5, 5.41) is 9.28. The van der Waals surface area contributed by atoms with E-state index in [9.17, 15) is 4.79 Å². The van der Waals surface area contributed by atoms with Crippen LogP contribution in [0.2, 0.25) is 0 Å². The molecule has 0 fully saturated rings. The van der Waals surface area contributed by atoms with Gasteiger partial charge in [0.25, 0.3) is 0 Å². The molecule has 0 spiro atoms. The number of rotatable bonds is 5. The molecule has 0 radical (unpaired) electrons. The average Bonchev–Trinajstić information content (AvgIpc) is 2.55. The summed E-state index contributed by atoms with van der Waals surface area (Å²) in [6, 6.07) is 15.4. The molecule has 4 nitrogen and oxygen atoms in total. The highest BCUT2D eigenvalue weighted by Gasteiger charge is 2.07. The van der Waals surface area contributed by atoms with Crippen LogP contribution in [-0.4, -0.2) is 17.6 Å². The molecular formula is C17H18BrN3OS. The van der Waals surface area contributed by atoms with Crippen LogP contribution in [0.15, 0.2) is 53.0 Å². The molecule has 0 aliphatic rings. The number of carbonyl (C=O) groups is 1. The van der Waals surface area contributed by atoms with Crippen LogP contribution < -0.4 is 16.0 Å². The van der Waals surface area contributed by atoms with Crippen LogP contribution in [0, 0.1) is 0 Å². The molecule has 1 amide bonds. The quantitative estimate of drug-likeness (QED) is 0.675. The van der Waals surface area contributed by atoms with Gasteiger partial charge in [0.05, 0.1) is 12.2 Å². The van der Waals surface area contributed by atoms with Crippen molar-refractivity contribution in [2.75, 3.05) is 17.2 Å². The fourth-order valence-corrected chi connectivity index (χ4v) is 2.60. The summed E-state index contributed by atoms with van der Waals surface area (Å²) in [4.78, 5) is 12.0. The molecule has 0 aliphatic heterocycles. The van der Waals surface area contributed by atoms with Crippen LogP contribution in [0.5, 0.6) is 0 Å². The maximum absolute atomic E-state index is 12.0. The van der Waals surface area contributed by atoms with E-state index in [0.29, 0.717) is 5.11 Å². The number of aryl methyl sites for hydroxylation is 1. The molecule has 23 heavy (non-hydrogen) atoms. The normalized spacial score (nSPS) is 10.0. The van der Waals surface area contributed by atoms with Crippen LogP contribution in [0.1, 0.15) is 12.5 Å². The Hall–Kier alpha value is -1.92. The van der Waals surface area contributed by atoms with Crippen molar-refractivity contribution in [2.24, 2.45) is 0 Å². The van der Waals surface area contributed by atoms with Crippen molar-refractivity contribution in [3.05, 3.63) is 58.6 Å². The van der Waals surface area contributed by atoms with Gasteiger partial charge >= 0.3 is 0 Å². The molecule has 0 aromatic heterocycles. The van der Waals surface area contributed by atoms with Gasteiger partial charge in [0.15, 0.2) is 5.11 Å². The Balaban J connectivity index is 1.84. The molecule has 2 aromatic carbocycles. The van der Waals surface area contributed by atoms with Crippen molar-refractivity contribution in [3.8, 4) is 0 Å². The van der Waals surface area contributed by atoms with Crippen molar-refractivity contribution in [2.45, 2.75) is 13.3 Å². The third-order valence-electron chi connectivity index (χ3n) is 3.20. The highest BCUT2D eigenvalue weighted by atomic mass is 79.9. The van der Waals surface area contributed by atoms with Gasteiger partial charge in [-0.3, -0.25) is 4.79 Å². The van der Waals surface area contributed by atoms with Gasteiger partial charge < -0.3 is 16.0 Å². The fourth-order valence-electron chi connectivity index (χ4n) is 2.03. The van der Waals surface area contributed by atoms with E-state index in [1.54, 1.807) is 0 Å². The molecule has 0 saturated carbocycles. The van der Waals surface area contributed by atoms with Gasteiger partial charge in [-0.1, -0.05) is 37.3 Å². The Morgan fingerprint density at radius 3 is 2.39 bits per heavy atom. The summed E-state index contributed by atoms with van der Waals surface area (Å²) >= 11 is 8.63. The van der Waals surface area contributed by atoms with E-state index in [1.807, 2.05) is 48.5 Å². The minimum atomic E-state index is -0.162. The second-order valence-electron chi connectivity index (χ2n) is 4.85. The fraction of sp³-hybridized carbons (Fsp3) is 0.176. The summed E-state index contributed by atoms with van der Waals surface area (Å²) in [7, 11) is 0. The number of carbonyl (C=O) groups excluding carboxylic acids is 1. The van der Waals surface area contributed by atoms with E-state index in [2.05, 4.69) is 38.8 Å². The molecule has 2 rings (SSSR count). The molecule has 120 valence electrons. The van der Waals surface area contributed by atoms with Crippen molar-refractivity contribution in [3.63, 3.8) is 0 Å². The zero-order chi connectivity index (χ0) is 16.7. The highest BCUT2D eigenvalue weighted by molar-refractivity contribution is 9.10. The summed E-state index contributed by atoms with van der Waals surface area (Å²) in [5.41, 5.74) is 2.86. The van der Waals surface area contributed by atoms with Gasteiger partial charge in [0, 0.05) is 10.2 Å². The lowest BCUT2D eigenvalue weighted by atomic mass is 10.1. The van der Waals surface area contributed by atoms with E-state index in [1.165, 1.54) is 5.56 Å². The summed E-state index contributed by atoms with van der Waals surface area (Å²) in [6.07, 6.45) is 0.911. The van der Waals surface area contributed by atoms with Crippen LogP contribution in [-0.2, 0) is 11.2 Å². The van der Waals surface area contributed by atoms with Gasteiger partial charge in [0.2, 0.25) is 5.91 Å². The van der Waals surface area contributed by atoms with Gasteiger partial charge in [-0.15, -0.1) is 0 Å². The van der Waals surface area contributed by atoms with Gasteiger partial charge in [-0.2, -0.15) is 0 Å². The molecule has 0 atom stereocenters. The number of benzene rings is 2. The predicted octanol–water partition coefficient (Wildman–Crippen LogP) is 3.94. The summed E-state index contributed by atoms with van der Waals surface area (Å²) in [5.74, 6) is -0.162. The van der Waals surface area contributed by atoms with Gasteiger partial charge in [0.1, 0.15) is 0 Å².